The molecule has 0 bridgehead atoms. The molecule has 3 rings (SSSR count). The van der Waals surface area contributed by atoms with E-state index in [2.05, 4.69) is 5.32 Å². The first-order valence-electron chi connectivity index (χ1n) is 8.75. The largest absolute Gasteiger partial charge is 0.326 e. The quantitative estimate of drug-likeness (QED) is 0.751. The lowest BCUT2D eigenvalue weighted by atomic mass is 10.1. The molecule has 1 aliphatic rings. The number of nitrogens with zero attached hydrogens (tertiary/aromatic N) is 1. The predicted molar refractivity (Wildman–Crippen MR) is 104 cm³/mol. The molecule has 0 fully saturated rings. The van der Waals surface area contributed by atoms with Crippen molar-refractivity contribution in [3.63, 3.8) is 0 Å². The van der Waals surface area contributed by atoms with Crippen molar-refractivity contribution in [3.05, 3.63) is 59.2 Å². The van der Waals surface area contributed by atoms with E-state index in [-0.39, 0.29) is 40.9 Å². The normalized spacial score (nSPS) is 13.6. The third-order valence-corrected chi connectivity index (χ3v) is 6.39. The number of sulfone groups is 1. The number of nitrogens with one attached hydrogen (secondary N) is 1. The number of aryl methyl sites for hydroxylation is 1. The smallest absolute Gasteiger partial charge is 0.261 e. The van der Waals surface area contributed by atoms with Crippen molar-refractivity contribution in [1.82, 2.24) is 4.90 Å². The molecule has 0 aromatic heterocycles. The monoisotopic (exact) mass is 400 g/mol. The molecule has 0 aliphatic carbocycles. The highest BCUT2D eigenvalue weighted by Crippen LogP contribution is 2.25. The van der Waals surface area contributed by atoms with Gasteiger partial charge in [-0.15, -0.1) is 0 Å². The van der Waals surface area contributed by atoms with E-state index in [1.165, 1.54) is 19.2 Å². The maximum atomic E-state index is 12.3. The van der Waals surface area contributed by atoms with Crippen LogP contribution in [0.2, 0.25) is 0 Å². The Hall–Kier alpha value is -3.00. The van der Waals surface area contributed by atoms with Crippen LogP contribution in [0.25, 0.3) is 0 Å². The Morgan fingerprint density at radius 1 is 1.00 bits per heavy atom. The lowest BCUT2D eigenvalue weighted by molar-refractivity contribution is -0.116. The topological polar surface area (TPSA) is 101 Å². The van der Waals surface area contributed by atoms with Crippen LogP contribution < -0.4 is 5.32 Å². The van der Waals surface area contributed by atoms with Gasteiger partial charge in [-0.05, 0) is 43.7 Å². The van der Waals surface area contributed by atoms with Crippen molar-refractivity contribution in [2.24, 2.45) is 0 Å². The minimum Gasteiger partial charge on any atom is -0.326 e. The van der Waals surface area contributed by atoms with Gasteiger partial charge < -0.3 is 5.32 Å². The fourth-order valence-electron chi connectivity index (χ4n) is 2.95. The number of carbonyl (C=O) groups excluding carboxylic acids is 3. The number of imide groups is 1. The van der Waals surface area contributed by atoms with Crippen LogP contribution in [0.4, 0.5) is 5.69 Å². The van der Waals surface area contributed by atoms with Crippen LogP contribution in [0, 0.1) is 6.92 Å². The van der Waals surface area contributed by atoms with Gasteiger partial charge in [0, 0.05) is 19.2 Å². The summed E-state index contributed by atoms with van der Waals surface area (Å²) in [5.74, 6) is -1.28. The van der Waals surface area contributed by atoms with E-state index in [0.29, 0.717) is 11.3 Å². The number of hydrogen-bond acceptors (Lipinski definition) is 5. The highest BCUT2D eigenvalue weighted by atomic mass is 32.2. The molecule has 0 unspecified atom stereocenters. The molecule has 3 amide bonds. The van der Waals surface area contributed by atoms with Crippen LogP contribution in [0.3, 0.4) is 0 Å². The van der Waals surface area contributed by atoms with Crippen molar-refractivity contribution < 1.29 is 22.8 Å². The van der Waals surface area contributed by atoms with Crippen LogP contribution in [0.1, 0.15) is 39.1 Å². The molecule has 2 aromatic carbocycles. The second-order valence-electron chi connectivity index (χ2n) is 6.71. The van der Waals surface area contributed by atoms with Crippen molar-refractivity contribution in [1.29, 1.82) is 0 Å². The molecular formula is C20H20N2O5S. The van der Waals surface area contributed by atoms with Gasteiger partial charge in [-0.25, -0.2) is 8.42 Å². The zero-order valence-corrected chi connectivity index (χ0v) is 16.4. The molecule has 0 saturated heterocycles. The van der Waals surface area contributed by atoms with Gasteiger partial charge in [0.1, 0.15) is 0 Å². The van der Waals surface area contributed by atoms with E-state index in [1.54, 1.807) is 30.3 Å². The molecule has 1 heterocycles. The lowest BCUT2D eigenvalue weighted by Crippen LogP contribution is -2.24. The fraction of sp³-hybridized carbons (Fsp3) is 0.250. The Bertz CT molecular complexity index is 1060. The standard InChI is InChI=1S/C20H20N2O5S/c1-13-5-8-15(9-6-13)28(26,27)11-3-4-18(23)21-14-7-10-16-17(12-14)20(25)22(2)19(16)24/h5-10,12H,3-4,11H2,1-2H3,(H,21,23). The SMILES string of the molecule is Cc1ccc(S(=O)(=O)CCCC(=O)Nc2ccc3c(c2)C(=O)N(C)C3=O)cc1. The van der Waals surface area contributed by atoms with E-state index >= 15 is 0 Å². The first kappa shape index (κ1) is 19.8. The molecule has 2 aromatic rings. The third kappa shape index (κ3) is 3.96. The second-order valence-corrected chi connectivity index (χ2v) is 8.82. The molecule has 7 nitrogen and oxygen atoms in total. The number of fused-ring (bicyclic) bond motifs is 1. The van der Waals surface area contributed by atoms with Gasteiger partial charge in [-0.2, -0.15) is 0 Å². The predicted octanol–water partition coefficient (Wildman–Crippen LogP) is 2.41. The Labute approximate surface area is 163 Å². The van der Waals surface area contributed by atoms with Gasteiger partial charge >= 0.3 is 0 Å². The number of rotatable bonds is 6. The van der Waals surface area contributed by atoms with E-state index in [0.717, 1.165) is 10.5 Å². The van der Waals surface area contributed by atoms with Gasteiger partial charge in [0.05, 0.1) is 21.8 Å². The lowest BCUT2D eigenvalue weighted by Gasteiger charge is -2.07. The van der Waals surface area contributed by atoms with Crippen LogP contribution in [0.15, 0.2) is 47.4 Å². The number of hydrogen-bond donors (Lipinski definition) is 1. The number of amides is 3. The first-order valence-corrected chi connectivity index (χ1v) is 10.4. The number of anilines is 1. The van der Waals surface area contributed by atoms with Crippen LogP contribution >= 0.6 is 0 Å². The number of carbonyl (C=O) groups is 3. The van der Waals surface area contributed by atoms with Crippen molar-refractivity contribution in [3.8, 4) is 0 Å². The summed E-state index contributed by atoms with van der Waals surface area (Å²) in [6.45, 7) is 1.88. The van der Waals surface area contributed by atoms with E-state index in [1.807, 2.05) is 6.92 Å². The molecule has 146 valence electrons. The van der Waals surface area contributed by atoms with Crippen LogP contribution in [0.5, 0.6) is 0 Å². The van der Waals surface area contributed by atoms with Crippen LogP contribution in [-0.4, -0.2) is 43.8 Å². The summed E-state index contributed by atoms with van der Waals surface area (Å²) < 4.78 is 24.6. The van der Waals surface area contributed by atoms with E-state index in [4.69, 9.17) is 0 Å². The molecule has 0 radical (unpaired) electrons. The summed E-state index contributed by atoms with van der Waals surface area (Å²) in [6, 6.07) is 11.1. The van der Waals surface area contributed by atoms with Crippen molar-refractivity contribution >= 4 is 33.2 Å². The summed E-state index contributed by atoms with van der Waals surface area (Å²) in [6.07, 6.45) is 0.197. The first-order chi connectivity index (χ1) is 13.2. The van der Waals surface area contributed by atoms with Gasteiger partial charge in [0.15, 0.2) is 9.84 Å². The average Bonchev–Trinajstić information content (AvgIpc) is 2.86. The molecule has 0 atom stereocenters. The third-order valence-electron chi connectivity index (χ3n) is 4.57. The second kappa shape index (κ2) is 7.55. The zero-order valence-electron chi connectivity index (χ0n) is 15.6. The molecule has 1 N–H and O–H groups in total. The van der Waals surface area contributed by atoms with E-state index in [9.17, 15) is 22.8 Å². The Morgan fingerprint density at radius 2 is 1.64 bits per heavy atom. The van der Waals surface area contributed by atoms with Gasteiger partial charge in [0.2, 0.25) is 5.91 Å². The van der Waals surface area contributed by atoms with Gasteiger partial charge in [-0.1, -0.05) is 17.7 Å². The Morgan fingerprint density at radius 3 is 2.32 bits per heavy atom. The van der Waals surface area contributed by atoms with Gasteiger partial charge in [-0.3, -0.25) is 19.3 Å². The fourth-order valence-corrected chi connectivity index (χ4v) is 4.26. The molecule has 28 heavy (non-hydrogen) atoms. The highest BCUT2D eigenvalue weighted by molar-refractivity contribution is 7.91. The Balaban J connectivity index is 1.58. The molecule has 0 saturated carbocycles. The highest BCUT2D eigenvalue weighted by Gasteiger charge is 2.32. The van der Waals surface area contributed by atoms with Crippen molar-refractivity contribution in [2.75, 3.05) is 18.1 Å². The van der Waals surface area contributed by atoms with Gasteiger partial charge in [0.25, 0.3) is 11.8 Å². The molecular weight excluding hydrogens is 380 g/mol. The summed E-state index contributed by atoms with van der Waals surface area (Å²) in [5.41, 5.74) is 1.91. The summed E-state index contributed by atoms with van der Waals surface area (Å²) in [4.78, 5) is 37.3. The molecule has 8 heteroatoms. The number of benzene rings is 2. The maximum absolute atomic E-state index is 12.3. The summed E-state index contributed by atoms with van der Waals surface area (Å²) >= 11 is 0. The minimum atomic E-state index is -3.44. The zero-order chi connectivity index (χ0) is 20.5. The average molecular weight is 400 g/mol. The maximum Gasteiger partial charge on any atom is 0.261 e. The molecule has 1 aliphatic heterocycles. The minimum absolute atomic E-state index is 0.0228. The summed E-state index contributed by atoms with van der Waals surface area (Å²) in [5, 5.41) is 2.64. The molecule has 0 spiro atoms. The summed E-state index contributed by atoms with van der Waals surface area (Å²) in [7, 11) is -2.04. The van der Waals surface area contributed by atoms with Crippen molar-refractivity contribution in [2.45, 2.75) is 24.7 Å². The Kier molecular flexibility index (Phi) is 5.33. The van der Waals surface area contributed by atoms with E-state index < -0.39 is 15.7 Å². The van der Waals surface area contributed by atoms with Crippen LogP contribution in [-0.2, 0) is 14.6 Å².